The van der Waals surface area contributed by atoms with Gasteiger partial charge in [-0.25, -0.2) is 4.98 Å². The quantitative estimate of drug-likeness (QED) is 0.763. The zero-order valence-corrected chi connectivity index (χ0v) is 11.4. The Kier molecular flexibility index (Phi) is 6.14. The van der Waals surface area contributed by atoms with Crippen LogP contribution in [-0.2, 0) is 0 Å². The molecule has 0 aromatic carbocycles. The smallest absolute Gasteiger partial charge is 0.255 e. The summed E-state index contributed by atoms with van der Waals surface area (Å²) in [6.45, 7) is 4.35. The van der Waals surface area contributed by atoms with E-state index in [0.717, 1.165) is 19.5 Å². The van der Waals surface area contributed by atoms with Crippen molar-refractivity contribution in [3.05, 3.63) is 23.9 Å². The Balaban J connectivity index is 2.60. The first kappa shape index (κ1) is 14.4. The van der Waals surface area contributed by atoms with Crippen molar-refractivity contribution in [2.45, 2.75) is 13.3 Å². The van der Waals surface area contributed by atoms with E-state index in [0.29, 0.717) is 17.9 Å². The third kappa shape index (κ3) is 4.71. The summed E-state index contributed by atoms with van der Waals surface area (Å²) in [5.41, 5.74) is 0.602. The van der Waals surface area contributed by atoms with E-state index in [4.69, 9.17) is 0 Å². The summed E-state index contributed by atoms with van der Waals surface area (Å²) in [4.78, 5) is 18.2. The number of hydrogen-bond acceptors (Lipinski definition) is 4. The molecule has 0 saturated heterocycles. The van der Waals surface area contributed by atoms with Crippen LogP contribution in [0.4, 0.5) is 5.82 Å². The predicted octanol–water partition coefficient (Wildman–Crippen LogP) is 1.19. The number of pyridine rings is 1. The third-order valence-corrected chi connectivity index (χ3v) is 2.44. The molecule has 0 fully saturated rings. The second kappa shape index (κ2) is 7.66. The SMILES string of the molecule is CCCNc1ncccc1C(=O)NCCN(C)C. The van der Waals surface area contributed by atoms with Crippen LogP contribution < -0.4 is 10.6 Å². The number of carbonyl (C=O) groups is 1. The molecule has 2 N–H and O–H groups in total. The summed E-state index contributed by atoms with van der Waals surface area (Å²) < 4.78 is 0. The first-order valence-corrected chi connectivity index (χ1v) is 6.27. The fourth-order valence-electron chi connectivity index (χ4n) is 1.46. The summed E-state index contributed by atoms with van der Waals surface area (Å²) in [6.07, 6.45) is 2.69. The van der Waals surface area contributed by atoms with Crippen molar-refractivity contribution in [3.8, 4) is 0 Å². The minimum absolute atomic E-state index is 0.0800. The van der Waals surface area contributed by atoms with E-state index in [9.17, 15) is 4.79 Å². The second-order valence-electron chi connectivity index (χ2n) is 4.39. The van der Waals surface area contributed by atoms with Gasteiger partial charge in [-0.3, -0.25) is 4.79 Å². The predicted molar refractivity (Wildman–Crippen MR) is 73.9 cm³/mol. The molecule has 5 nitrogen and oxygen atoms in total. The minimum Gasteiger partial charge on any atom is -0.369 e. The van der Waals surface area contributed by atoms with Crippen molar-refractivity contribution >= 4 is 11.7 Å². The Hall–Kier alpha value is -1.62. The van der Waals surface area contributed by atoms with Crippen LogP contribution in [0, 0.1) is 0 Å². The summed E-state index contributed by atoms with van der Waals surface area (Å²) >= 11 is 0. The Morgan fingerprint density at radius 1 is 1.39 bits per heavy atom. The average molecular weight is 250 g/mol. The van der Waals surface area contributed by atoms with E-state index in [-0.39, 0.29) is 5.91 Å². The van der Waals surface area contributed by atoms with E-state index < -0.39 is 0 Å². The highest BCUT2D eigenvalue weighted by molar-refractivity contribution is 5.98. The topological polar surface area (TPSA) is 57.3 Å². The molecule has 0 aliphatic heterocycles. The lowest BCUT2D eigenvalue weighted by molar-refractivity contribution is 0.0951. The number of hydrogen-bond donors (Lipinski definition) is 2. The maximum atomic E-state index is 12.0. The zero-order valence-electron chi connectivity index (χ0n) is 11.4. The normalized spacial score (nSPS) is 10.4. The molecule has 18 heavy (non-hydrogen) atoms. The Labute approximate surface area is 109 Å². The van der Waals surface area contributed by atoms with Gasteiger partial charge in [-0.15, -0.1) is 0 Å². The van der Waals surface area contributed by atoms with Crippen LogP contribution in [0.5, 0.6) is 0 Å². The molecule has 0 aliphatic rings. The number of aromatic nitrogens is 1. The van der Waals surface area contributed by atoms with Crippen molar-refractivity contribution in [1.82, 2.24) is 15.2 Å². The molecular formula is C13H22N4O. The molecule has 0 radical (unpaired) electrons. The fourth-order valence-corrected chi connectivity index (χ4v) is 1.46. The number of anilines is 1. The summed E-state index contributed by atoms with van der Waals surface area (Å²) in [5.74, 6) is 0.574. The highest BCUT2D eigenvalue weighted by Crippen LogP contribution is 2.10. The molecule has 1 rings (SSSR count). The average Bonchev–Trinajstić information content (AvgIpc) is 2.36. The van der Waals surface area contributed by atoms with E-state index in [1.54, 1.807) is 18.3 Å². The van der Waals surface area contributed by atoms with Gasteiger partial charge in [0.1, 0.15) is 5.82 Å². The first-order valence-electron chi connectivity index (χ1n) is 6.27. The highest BCUT2D eigenvalue weighted by Gasteiger charge is 2.10. The van der Waals surface area contributed by atoms with Gasteiger partial charge >= 0.3 is 0 Å². The van der Waals surface area contributed by atoms with Crippen LogP contribution in [0.25, 0.3) is 0 Å². The molecule has 0 bridgehead atoms. The molecule has 0 saturated carbocycles. The highest BCUT2D eigenvalue weighted by atomic mass is 16.1. The van der Waals surface area contributed by atoms with Crippen molar-refractivity contribution < 1.29 is 4.79 Å². The van der Waals surface area contributed by atoms with Crippen LogP contribution in [0.2, 0.25) is 0 Å². The van der Waals surface area contributed by atoms with E-state index in [1.165, 1.54) is 0 Å². The maximum Gasteiger partial charge on any atom is 0.255 e. The van der Waals surface area contributed by atoms with Gasteiger partial charge in [0.25, 0.3) is 5.91 Å². The molecule has 0 unspecified atom stereocenters. The number of rotatable bonds is 7. The van der Waals surface area contributed by atoms with Crippen LogP contribution in [0.1, 0.15) is 23.7 Å². The summed E-state index contributed by atoms with van der Waals surface area (Å²) in [5, 5.41) is 6.05. The largest absolute Gasteiger partial charge is 0.369 e. The number of amides is 1. The molecule has 0 atom stereocenters. The Morgan fingerprint density at radius 3 is 2.83 bits per heavy atom. The lowest BCUT2D eigenvalue weighted by Gasteiger charge is -2.12. The lowest BCUT2D eigenvalue weighted by Crippen LogP contribution is -2.31. The fraction of sp³-hybridized carbons (Fsp3) is 0.538. The van der Waals surface area contributed by atoms with E-state index in [1.807, 2.05) is 19.0 Å². The van der Waals surface area contributed by atoms with Crippen molar-refractivity contribution in [2.75, 3.05) is 39.0 Å². The molecule has 0 aliphatic carbocycles. The van der Waals surface area contributed by atoms with Gasteiger partial charge in [-0.05, 0) is 32.6 Å². The molecule has 1 amide bonds. The number of nitrogens with zero attached hydrogens (tertiary/aromatic N) is 2. The maximum absolute atomic E-state index is 12.0. The Morgan fingerprint density at radius 2 is 2.17 bits per heavy atom. The molecular weight excluding hydrogens is 228 g/mol. The van der Waals surface area contributed by atoms with Gasteiger partial charge in [0, 0.05) is 25.8 Å². The number of likely N-dealkylation sites (N-methyl/N-ethyl adjacent to an activating group) is 1. The molecule has 1 aromatic rings. The lowest BCUT2D eigenvalue weighted by atomic mass is 10.2. The summed E-state index contributed by atoms with van der Waals surface area (Å²) in [7, 11) is 3.95. The van der Waals surface area contributed by atoms with Crippen LogP contribution in [0.3, 0.4) is 0 Å². The van der Waals surface area contributed by atoms with Gasteiger partial charge in [-0.2, -0.15) is 0 Å². The van der Waals surface area contributed by atoms with Crippen LogP contribution in [-0.4, -0.2) is 49.5 Å². The number of nitrogens with one attached hydrogen (secondary N) is 2. The van der Waals surface area contributed by atoms with Gasteiger partial charge in [-0.1, -0.05) is 6.92 Å². The van der Waals surface area contributed by atoms with Crippen molar-refractivity contribution in [3.63, 3.8) is 0 Å². The monoisotopic (exact) mass is 250 g/mol. The van der Waals surface area contributed by atoms with E-state index >= 15 is 0 Å². The van der Waals surface area contributed by atoms with Gasteiger partial charge < -0.3 is 15.5 Å². The first-order chi connectivity index (χ1) is 8.65. The molecule has 1 aromatic heterocycles. The van der Waals surface area contributed by atoms with Crippen LogP contribution >= 0.6 is 0 Å². The van der Waals surface area contributed by atoms with Crippen LogP contribution in [0.15, 0.2) is 18.3 Å². The molecule has 0 spiro atoms. The van der Waals surface area contributed by atoms with Crippen molar-refractivity contribution in [2.24, 2.45) is 0 Å². The third-order valence-electron chi connectivity index (χ3n) is 2.44. The second-order valence-corrected chi connectivity index (χ2v) is 4.39. The minimum atomic E-state index is -0.0800. The van der Waals surface area contributed by atoms with Gasteiger partial charge in [0.05, 0.1) is 5.56 Å². The zero-order chi connectivity index (χ0) is 13.4. The standard InChI is InChI=1S/C13H22N4O/c1-4-7-14-12-11(6-5-8-15-12)13(18)16-9-10-17(2)3/h5-6,8H,4,7,9-10H2,1-3H3,(H,14,15)(H,16,18). The molecule has 1 heterocycles. The molecule has 5 heteroatoms. The van der Waals surface area contributed by atoms with Crippen molar-refractivity contribution in [1.29, 1.82) is 0 Å². The summed E-state index contributed by atoms with van der Waals surface area (Å²) in [6, 6.07) is 3.56. The number of carbonyl (C=O) groups excluding carboxylic acids is 1. The molecule has 100 valence electrons. The van der Waals surface area contributed by atoms with Gasteiger partial charge in [0.2, 0.25) is 0 Å². The van der Waals surface area contributed by atoms with Gasteiger partial charge in [0.15, 0.2) is 0 Å². The van der Waals surface area contributed by atoms with E-state index in [2.05, 4.69) is 22.5 Å². The Bertz CT molecular complexity index is 379.